The summed E-state index contributed by atoms with van der Waals surface area (Å²) in [6.45, 7) is 11.4. The zero-order valence-corrected chi connectivity index (χ0v) is 28.1. The van der Waals surface area contributed by atoms with Gasteiger partial charge in [0.25, 0.3) is 0 Å². The number of rotatable bonds is 38. The van der Waals surface area contributed by atoms with Crippen LogP contribution in [0.15, 0.2) is 0 Å². The van der Waals surface area contributed by atoms with Crippen molar-refractivity contribution in [3.63, 3.8) is 0 Å². The number of unbranched alkanes of at least 4 members (excludes halogenated alkanes) is 22. The summed E-state index contributed by atoms with van der Waals surface area (Å²) in [7, 11) is 0. The lowest BCUT2D eigenvalue weighted by molar-refractivity contribution is -0.0114. The molecule has 0 unspecified atom stereocenters. The molecule has 5 nitrogen and oxygen atoms in total. The van der Waals surface area contributed by atoms with Crippen molar-refractivity contribution in [2.75, 3.05) is 66.1 Å². The molecule has 0 spiro atoms. The first kappa shape index (κ1) is 40.8. The third kappa shape index (κ3) is 39.8. The van der Waals surface area contributed by atoms with Gasteiger partial charge >= 0.3 is 0 Å². The second-order valence-corrected chi connectivity index (χ2v) is 11.8. The summed E-state index contributed by atoms with van der Waals surface area (Å²) < 4.78 is 28.1. The van der Waals surface area contributed by atoms with Gasteiger partial charge in [0.2, 0.25) is 0 Å². The fourth-order valence-corrected chi connectivity index (χ4v) is 5.07. The van der Waals surface area contributed by atoms with E-state index in [4.69, 9.17) is 23.7 Å². The molecule has 0 aliphatic carbocycles. The molecule has 0 rings (SSSR count). The summed E-state index contributed by atoms with van der Waals surface area (Å²) >= 11 is 0. The van der Waals surface area contributed by atoms with Gasteiger partial charge in [0.1, 0.15) is 0 Å². The first-order chi connectivity index (χ1) is 20.4. The lowest BCUT2D eigenvalue weighted by Crippen LogP contribution is -2.13. The average molecular weight is 587 g/mol. The molecule has 0 atom stereocenters. The van der Waals surface area contributed by atoms with Crippen LogP contribution in [0.4, 0.5) is 0 Å². The van der Waals surface area contributed by atoms with Gasteiger partial charge < -0.3 is 23.7 Å². The highest BCUT2D eigenvalue weighted by molar-refractivity contribution is 4.50. The summed E-state index contributed by atoms with van der Waals surface area (Å²) in [5, 5.41) is 0. The Hall–Kier alpha value is -0.200. The molecule has 5 heteroatoms. The normalized spacial score (nSPS) is 11.6. The molecule has 0 fully saturated rings. The standard InChI is InChI=1S/C36H74O5/c1-3-5-7-9-11-13-15-16-17-18-20-22-24-26-28-38-30-32-40-34-36-41-35-33-39-31-29-37-27-25-23-21-19-14-12-10-8-6-4-2/h3-36H2,1-2H3. The van der Waals surface area contributed by atoms with Crippen LogP contribution >= 0.6 is 0 Å². The van der Waals surface area contributed by atoms with Gasteiger partial charge in [0, 0.05) is 13.2 Å². The predicted molar refractivity (Wildman–Crippen MR) is 176 cm³/mol. The van der Waals surface area contributed by atoms with Gasteiger partial charge in [-0.15, -0.1) is 0 Å². The van der Waals surface area contributed by atoms with Gasteiger partial charge in [-0.3, -0.25) is 0 Å². The van der Waals surface area contributed by atoms with Crippen LogP contribution < -0.4 is 0 Å². The summed E-state index contributed by atoms with van der Waals surface area (Å²) in [6.07, 6.45) is 33.1. The molecule has 0 saturated heterocycles. The Kier molecular flexibility index (Phi) is 39.6. The van der Waals surface area contributed by atoms with Crippen LogP contribution in [0.3, 0.4) is 0 Å². The van der Waals surface area contributed by atoms with Gasteiger partial charge in [0.05, 0.1) is 52.9 Å². The summed E-state index contributed by atoms with van der Waals surface area (Å²) in [6, 6.07) is 0. The lowest BCUT2D eigenvalue weighted by Gasteiger charge is -2.08. The van der Waals surface area contributed by atoms with Crippen molar-refractivity contribution in [1.82, 2.24) is 0 Å². The Labute approximate surface area is 257 Å². The van der Waals surface area contributed by atoms with Crippen LogP contribution in [0.2, 0.25) is 0 Å². The van der Waals surface area contributed by atoms with Crippen molar-refractivity contribution in [2.45, 2.75) is 168 Å². The third-order valence-corrected chi connectivity index (χ3v) is 7.77. The van der Waals surface area contributed by atoms with Crippen molar-refractivity contribution in [3.05, 3.63) is 0 Å². The van der Waals surface area contributed by atoms with E-state index in [0.717, 1.165) is 13.2 Å². The maximum Gasteiger partial charge on any atom is 0.0701 e. The zero-order chi connectivity index (χ0) is 29.6. The van der Waals surface area contributed by atoms with Gasteiger partial charge in [-0.25, -0.2) is 0 Å². The molecule has 0 aliphatic heterocycles. The van der Waals surface area contributed by atoms with Crippen molar-refractivity contribution >= 4 is 0 Å². The predicted octanol–water partition coefficient (Wildman–Crippen LogP) is 10.5. The van der Waals surface area contributed by atoms with Crippen LogP contribution in [0, 0.1) is 0 Å². The largest absolute Gasteiger partial charge is 0.379 e. The topological polar surface area (TPSA) is 46.2 Å². The monoisotopic (exact) mass is 587 g/mol. The fourth-order valence-electron chi connectivity index (χ4n) is 5.07. The van der Waals surface area contributed by atoms with E-state index in [9.17, 15) is 0 Å². The van der Waals surface area contributed by atoms with Crippen LogP contribution in [0.25, 0.3) is 0 Å². The Balaban J connectivity index is 3.02. The van der Waals surface area contributed by atoms with Gasteiger partial charge in [0.15, 0.2) is 0 Å². The summed E-state index contributed by atoms with van der Waals surface area (Å²) in [4.78, 5) is 0. The minimum atomic E-state index is 0.609. The molecule has 0 heterocycles. The van der Waals surface area contributed by atoms with Gasteiger partial charge in [-0.2, -0.15) is 0 Å². The van der Waals surface area contributed by atoms with Gasteiger partial charge in [-0.05, 0) is 12.8 Å². The molecule has 0 saturated carbocycles. The quantitative estimate of drug-likeness (QED) is 0.0673. The Bertz CT molecular complexity index is 396. The van der Waals surface area contributed by atoms with E-state index in [0.29, 0.717) is 52.9 Å². The molecule has 248 valence electrons. The molecular formula is C36H74O5. The molecule has 0 amide bonds. The molecule has 0 aromatic carbocycles. The maximum atomic E-state index is 5.69. The molecule has 41 heavy (non-hydrogen) atoms. The first-order valence-corrected chi connectivity index (χ1v) is 18.3. The fraction of sp³-hybridized carbons (Fsp3) is 1.00. The van der Waals surface area contributed by atoms with Crippen LogP contribution in [-0.4, -0.2) is 66.1 Å². The minimum Gasteiger partial charge on any atom is -0.379 e. The van der Waals surface area contributed by atoms with Crippen molar-refractivity contribution in [1.29, 1.82) is 0 Å². The van der Waals surface area contributed by atoms with E-state index in [1.54, 1.807) is 0 Å². The Morgan fingerprint density at radius 2 is 0.366 bits per heavy atom. The molecule has 0 radical (unpaired) electrons. The number of hydrogen-bond acceptors (Lipinski definition) is 5. The molecule has 0 aromatic rings. The summed E-state index contributed by atoms with van der Waals surface area (Å²) in [5.41, 5.74) is 0. The van der Waals surface area contributed by atoms with Crippen molar-refractivity contribution in [3.8, 4) is 0 Å². The molecule has 0 bridgehead atoms. The van der Waals surface area contributed by atoms with Crippen LogP contribution in [0.1, 0.15) is 168 Å². The maximum absolute atomic E-state index is 5.69. The Morgan fingerprint density at radius 1 is 0.195 bits per heavy atom. The second-order valence-electron chi connectivity index (χ2n) is 11.8. The molecule has 0 aliphatic rings. The molecular weight excluding hydrogens is 512 g/mol. The molecule has 0 aromatic heterocycles. The number of ether oxygens (including phenoxy) is 5. The zero-order valence-electron chi connectivity index (χ0n) is 28.1. The Morgan fingerprint density at radius 3 is 0.585 bits per heavy atom. The summed E-state index contributed by atoms with van der Waals surface area (Å²) in [5.74, 6) is 0. The highest BCUT2D eigenvalue weighted by atomic mass is 16.6. The lowest BCUT2D eigenvalue weighted by atomic mass is 10.0. The highest BCUT2D eigenvalue weighted by Gasteiger charge is 1.97. The van der Waals surface area contributed by atoms with E-state index in [1.807, 2.05) is 0 Å². The second kappa shape index (κ2) is 39.8. The minimum absolute atomic E-state index is 0.609. The first-order valence-electron chi connectivity index (χ1n) is 18.3. The van der Waals surface area contributed by atoms with E-state index in [2.05, 4.69) is 13.8 Å². The third-order valence-electron chi connectivity index (χ3n) is 7.77. The van der Waals surface area contributed by atoms with E-state index in [-0.39, 0.29) is 0 Å². The SMILES string of the molecule is CCCCCCCCCCCCCCCCOCCOCCOCCOCCOCCCCCCCCCCCC. The van der Waals surface area contributed by atoms with Crippen LogP contribution in [0.5, 0.6) is 0 Å². The average Bonchev–Trinajstić information content (AvgIpc) is 2.98. The van der Waals surface area contributed by atoms with Gasteiger partial charge in [-0.1, -0.05) is 155 Å². The van der Waals surface area contributed by atoms with E-state index < -0.39 is 0 Å². The highest BCUT2D eigenvalue weighted by Crippen LogP contribution is 2.13. The van der Waals surface area contributed by atoms with Crippen molar-refractivity contribution < 1.29 is 23.7 Å². The number of hydrogen-bond donors (Lipinski definition) is 0. The van der Waals surface area contributed by atoms with E-state index >= 15 is 0 Å². The van der Waals surface area contributed by atoms with Crippen LogP contribution in [-0.2, 0) is 23.7 Å². The molecule has 0 N–H and O–H groups in total. The van der Waals surface area contributed by atoms with Crippen molar-refractivity contribution in [2.24, 2.45) is 0 Å². The van der Waals surface area contributed by atoms with E-state index in [1.165, 1.54) is 154 Å². The smallest absolute Gasteiger partial charge is 0.0701 e.